The quantitative estimate of drug-likeness (QED) is 0.734. The Bertz CT molecular complexity index is 247. The van der Waals surface area contributed by atoms with Crippen LogP contribution < -0.4 is 5.32 Å². The molecule has 0 bridgehead atoms. The molecule has 3 nitrogen and oxygen atoms in total. The molecular weight excluding hydrogens is 150 g/mol. The minimum Gasteiger partial charge on any atom is -0.368 e. The largest absolute Gasteiger partial charge is 0.368 e. The molecule has 3 heteroatoms. The number of hydrogen-bond acceptors (Lipinski definition) is 3. The van der Waals surface area contributed by atoms with Gasteiger partial charge >= 0.3 is 0 Å². The topological polar surface area (TPSA) is 37.8 Å². The fourth-order valence-corrected chi connectivity index (χ4v) is 1.31. The summed E-state index contributed by atoms with van der Waals surface area (Å²) in [6.07, 6.45) is 3.04. The molecule has 2 atom stereocenters. The summed E-state index contributed by atoms with van der Waals surface area (Å²) < 4.78 is 0. The average molecular weight is 163 g/mol. The summed E-state index contributed by atoms with van der Waals surface area (Å²) in [5, 5.41) is 11.0. The van der Waals surface area contributed by atoms with E-state index < -0.39 is 0 Å². The second-order valence-electron chi connectivity index (χ2n) is 3.46. The molecule has 1 N–H and O–H groups in total. The Kier molecular flexibility index (Phi) is 1.94. The van der Waals surface area contributed by atoms with Gasteiger partial charge in [0.1, 0.15) is 5.82 Å². The Balaban J connectivity index is 1.80. The smallest absolute Gasteiger partial charge is 0.148 e. The number of rotatable bonds is 3. The van der Waals surface area contributed by atoms with Crippen LogP contribution in [0.1, 0.15) is 13.3 Å². The minimum atomic E-state index is 0.854. The van der Waals surface area contributed by atoms with Gasteiger partial charge in [0.15, 0.2) is 0 Å². The molecule has 2 unspecified atom stereocenters. The van der Waals surface area contributed by atoms with Crippen LogP contribution in [0.3, 0.4) is 0 Å². The second-order valence-corrected chi connectivity index (χ2v) is 3.46. The highest BCUT2D eigenvalue weighted by molar-refractivity contribution is 5.31. The molecule has 1 aliphatic rings. The van der Waals surface area contributed by atoms with E-state index in [1.54, 1.807) is 6.20 Å². The number of anilines is 1. The Hall–Kier alpha value is -1.12. The summed E-state index contributed by atoms with van der Waals surface area (Å²) in [5.74, 6) is 2.64. The number of aromatic nitrogens is 2. The minimum absolute atomic E-state index is 0.854. The zero-order valence-electron chi connectivity index (χ0n) is 7.20. The van der Waals surface area contributed by atoms with E-state index in [1.165, 1.54) is 6.42 Å². The highest BCUT2D eigenvalue weighted by Gasteiger charge is 2.31. The SMILES string of the molecule is CC1CC1CNc1cccnn1. The van der Waals surface area contributed by atoms with Crippen molar-refractivity contribution >= 4 is 5.82 Å². The Morgan fingerprint density at radius 1 is 1.67 bits per heavy atom. The van der Waals surface area contributed by atoms with E-state index in [9.17, 15) is 0 Å². The average Bonchev–Trinajstić information content (AvgIpc) is 2.81. The van der Waals surface area contributed by atoms with E-state index in [0.717, 1.165) is 24.2 Å². The predicted octanol–water partition coefficient (Wildman–Crippen LogP) is 1.54. The predicted molar refractivity (Wildman–Crippen MR) is 47.8 cm³/mol. The summed E-state index contributed by atoms with van der Waals surface area (Å²) in [6, 6.07) is 3.84. The Labute approximate surface area is 72.2 Å². The first-order chi connectivity index (χ1) is 5.86. The van der Waals surface area contributed by atoms with Crippen LogP contribution >= 0.6 is 0 Å². The van der Waals surface area contributed by atoms with Gasteiger partial charge in [-0.3, -0.25) is 0 Å². The highest BCUT2D eigenvalue weighted by atomic mass is 15.2. The third-order valence-corrected chi connectivity index (χ3v) is 2.39. The first-order valence-electron chi connectivity index (χ1n) is 4.38. The van der Waals surface area contributed by atoms with E-state index in [4.69, 9.17) is 0 Å². The summed E-state index contributed by atoms with van der Waals surface area (Å²) in [4.78, 5) is 0. The Morgan fingerprint density at radius 2 is 2.50 bits per heavy atom. The molecule has 0 aromatic carbocycles. The summed E-state index contributed by atoms with van der Waals surface area (Å²) in [5.41, 5.74) is 0. The highest BCUT2D eigenvalue weighted by Crippen LogP contribution is 2.37. The van der Waals surface area contributed by atoms with E-state index in [-0.39, 0.29) is 0 Å². The maximum atomic E-state index is 3.94. The van der Waals surface area contributed by atoms with Crippen molar-refractivity contribution in [1.82, 2.24) is 10.2 Å². The van der Waals surface area contributed by atoms with Gasteiger partial charge in [-0.15, -0.1) is 5.10 Å². The van der Waals surface area contributed by atoms with Gasteiger partial charge in [0.25, 0.3) is 0 Å². The summed E-state index contributed by atoms with van der Waals surface area (Å²) in [6.45, 7) is 3.32. The molecule has 1 fully saturated rings. The lowest BCUT2D eigenvalue weighted by Crippen LogP contribution is -2.05. The van der Waals surface area contributed by atoms with Crippen LogP contribution in [-0.4, -0.2) is 16.7 Å². The van der Waals surface area contributed by atoms with E-state index in [2.05, 4.69) is 22.4 Å². The van der Waals surface area contributed by atoms with Crippen molar-refractivity contribution in [3.63, 3.8) is 0 Å². The molecule has 0 aliphatic heterocycles. The van der Waals surface area contributed by atoms with Crippen LogP contribution in [-0.2, 0) is 0 Å². The zero-order chi connectivity index (χ0) is 8.39. The van der Waals surface area contributed by atoms with Crippen molar-refractivity contribution in [2.45, 2.75) is 13.3 Å². The monoisotopic (exact) mass is 163 g/mol. The van der Waals surface area contributed by atoms with Gasteiger partial charge in [-0.2, -0.15) is 5.10 Å². The van der Waals surface area contributed by atoms with Gasteiger partial charge in [-0.1, -0.05) is 6.92 Å². The molecule has 1 saturated carbocycles. The van der Waals surface area contributed by atoms with Crippen molar-refractivity contribution in [2.75, 3.05) is 11.9 Å². The number of hydrogen-bond donors (Lipinski definition) is 1. The van der Waals surface area contributed by atoms with Gasteiger partial charge in [0.05, 0.1) is 0 Å². The lowest BCUT2D eigenvalue weighted by Gasteiger charge is -2.01. The van der Waals surface area contributed by atoms with Crippen molar-refractivity contribution in [2.24, 2.45) is 11.8 Å². The number of nitrogens with zero attached hydrogens (tertiary/aromatic N) is 2. The summed E-state index contributed by atoms with van der Waals surface area (Å²) in [7, 11) is 0. The first-order valence-corrected chi connectivity index (χ1v) is 4.38. The van der Waals surface area contributed by atoms with Crippen LogP contribution in [0.4, 0.5) is 5.82 Å². The Morgan fingerprint density at radius 3 is 3.08 bits per heavy atom. The molecule has 1 aromatic rings. The molecule has 1 heterocycles. The molecule has 2 rings (SSSR count). The van der Waals surface area contributed by atoms with E-state index in [0.29, 0.717) is 0 Å². The van der Waals surface area contributed by atoms with Gasteiger partial charge in [-0.05, 0) is 30.4 Å². The maximum absolute atomic E-state index is 3.94. The zero-order valence-corrected chi connectivity index (χ0v) is 7.20. The number of nitrogens with one attached hydrogen (secondary N) is 1. The lowest BCUT2D eigenvalue weighted by molar-refractivity contribution is 0.782. The van der Waals surface area contributed by atoms with Gasteiger partial charge in [0.2, 0.25) is 0 Å². The van der Waals surface area contributed by atoms with Crippen molar-refractivity contribution in [3.8, 4) is 0 Å². The van der Waals surface area contributed by atoms with Gasteiger partial charge in [-0.25, -0.2) is 0 Å². The summed E-state index contributed by atoms with van der Waals surface area (Å²) >= 11 is 0. The molecule has 0 saturated heterocycles. The molecule has 1 aliphatic carbocycles. The van der Waals surface area contributed by atoms with Gasteiger partial charge in [0, 0.05) is 12.7 Å². The molecule has 0 amide bonds. The first kappa shape index (κ1) is 7.53. The molecule has 64 valence electrons. The van der Waals surface area contributed by atoms with Crippen molar-refractivity contribution < 1.29 is 0 Å². The third-order valence-electron chi connectivity index (χ3n) is 2.39. The fourth-order valence-electron chi connectivity index (χ4n) is 1.31. The van der Waals surface area contributed by atoms with Crippen LogP contribution in [0.5, 0.6) is 0 Å². The second kappa shape index (κ2) is 3.09. The molecular formula is C9H13N3. The van der Waals surface area contributed by atoms with E-state index >= 15 is 0 Å². The van der Waals surface area contributed by atoms with Crippen LogP contribution in [0, 0.1) is 11.8 Å². The van der Waals surface area contributed by atoms with E-state index in [1.807, 2.05) is 12.1 Å². The molecule has 0 spiro atoms. The van der Waals surface area contributed by atoms with Gasteiger partial charge < -0.3 is 5.32 Å². The lowest BCUT2D eigenvalue weighted by atomic mass is 10.3. The fraction of sp³-hybridized carbons (Fsp3) is 0.556. The molecule has 12 heavy (non-hydrogen) atoms. The van der Waals surface area contributed by atoms with Crippen molar-refractivity contribution in [3.05, 3.63) is 18.3 Å². The maximum Gasteiger partial charge on any atom is 0.148 e. The van der Waals surface area contributed by atoms with Crippen LogP contribution in [0.15, 0.2) is 18.3 Å². The molecule has 0 radical (unpaired) electrons. The standard InChI is InChI=1S/C9H13N3/c1-7-5-8(7)6-10-9-3-2-4-11-12-9/h2-4,7-8H,5-6H2,1H3,(H,10,12). The van der Waals surface area contributed by atoms with Crippen LogP contribution in [0.2, 0.25) is 0 Å². The third kappa shape index (κ3) is 1.72. The molecule has 1 aromatic heterocycles. The normalized spacial score (nSPS) is 26.8. The van der Waals surface area contributed by atoms with Crippen LogP contribution in [0.25, 0.3) is 0 Å². The van der Waals surface area contributed by atoms with Crippen molar-refractivity contribution in [1.29, 1.82) is 0 Å².